The molecule has 7 rings (SSSR count). The molecule has 3 aliphatic rings. The molecule has 2 aliphatic heterocycles. The topological polar surface area (TPSA) is 130 Å². The highest BCUT2D eigenvalue weighted by Gasteiger charge is 2.30. The second-order valence-corrected chi connectivity index (χ2v) is 11.2. The molecule has 0 spiro atoms. The first-order valence-electron chi connectivity index (χ1n) is 14.1. The van der Waals surface area contributed by atoms with E-state index in [1.54, 1.807) is 11.0 Å². The minimum absolute atomic E-state index is 0.172. The quantitative estimate of drug-likeness (QED) is 0.322. The fraction of sp³-hybridized carbons (Fsp3) is 0.448. The number of benzene rings is 1. The van der Waals surface area contributed by atoms with Gasteiger partial charge in [0.15, 0.2) is 17.6 Å². The number of alkyl carbamates (subject to hydrolysis) is 1. The molecule has 1 saturated carbocycles. The lowest BCUT2D eigenvalue weighted by molar-refractivity contribution is 0.0723. The van der Waals surface area contributed by atoms with Gasteiger partial charge in [0.2, 0.25) is 0 Å². The van der Waals surface area contributed by atoms with Crippen LogP contribution in [0.25, 0.3) is 33.6 Å². The largest absolute Gasteiger partial charge is 0.487 e. The number of nitrogens with zero attached hydrogens (tertiary/aromatic N) is 5. The molecule has 3 aromatic heterocycles. The van der Waals surface area contributed by atoms with E-state index in [2.05, 4.69) is 22.0 Å². The summed E-state index contributed by atoms with van der Waals surface area (Å²) in [5.74, 6) is 1.86. The number of alkyl halides is 1. The summed E-state index contributed by atoms with van der Waals surface area (Å²) in [5, 5.41) is 3.68. The Kier molecular flexibility index (Phi) is 6.29. The number of ether oxygens (including phenoxy) is 2. The fourth-order valence-electron chi connectivity index (χ4n) is 5.82. The molecule has 12 heteroatoms. The lowest BCUT2D eigenvalue weighted by Crippen LogP contribution is -2.45. The zero-order valence-corrected chi connectivity index (χ0v) is 22.8. The third-order valence-corrected chi connectivity index (χ3v) is 8.14. The van der Waals surface area contributed by atoms with Crippen LogP contribution in [0.1, 0.15) is 28.9 Å². The van der Waals surface area contributed by atoms with Crippen molar-refractivity contribution in [3.8, 4) is 17.3 Å². The third-order valence-electron chi connectivity index (χ3n) is 8.14. The molecule has 41 heavy (non-hydrogen) atoms. The molecule has 0 bridgehead atoms. The molecule has 3 N–H and O–H groups in total. The van der Waals surface area contributed by atoms with Gasteiger partial charge in [-0.1, -0.05) is 12.1 Å². The first-order valence-corrected chi connectivity index (χ1v) is 14.1. The summed E-state index contributed by atoms with van der Waals surface area (Å²) in [7, 11) is 1.94. The Bertz CT molecular complexity index is 1680. The monoisotopic (exact) mass is 561 g/mol. The zero-order valence-electron chi connectivity index (χ0n) is 22.8. The van der Waals surface area contributed by atoms with Crippen LogP contribution < -0.4 is 15.8 Å². The van der Waals surface area contributed by atoms with Crippen LogP contribution in [0.2, 0.25) is 0 Å². The van der Waals surface area contributed by atoms with Crippen LogP contribution in [0.5, 0.6) is 5.75 Å². The number of amides is 2. The van der Waals surface area contributed by atoms with Crippen molar-refractivity contribution in [2.75, 3.05) is 32.9 Å². The summed E-state index contributed by atoms with van der Waals surface area (Å²) < 4.78 is 28.7. The van der Waals surface area contributed by atoms with Crippen molar-refractivity contribution in [2.24, 2.45) is 18.7 Å². The summed E-state index contributed by atoms with van der Waals surface area (Å²) in [6, 6.07) is 9.17. The van der Waals surface area contributed by atoms with Crippen molar-refractivity contribution in [2.45, 2.75) is 38.0 Å². The minimum Gasteiger partial charge on any atom is -0.487 e. The van der Waals surface area contributed by atoms with Crippen LogP contribution in [-0.2, 0) is 24.8 Å². The Morgan fingerprint density at radius 1 is 1.24 bits per heavy atom. The molecule has 1 aliphatic carbocycles. The average molecular weight is 562 g/mol. The van der Waals surface area contributed by atoms with Crippen LogP contribution >= 0.6 is 0 Å². The number of para-hydroxylation sites is 1. The number of hydrogen-bond donors (Lipinski definition) is 2. The third kappa shape index (κ3) is 4.65. The number of cyclic esters (lactones) is 1. The Morgan fingerprint density at radius 3 is 2.85 bits per heavy atom. The molecular weight excluding hydrogens is 529 g/mol. The summed E-state index contributed by atoms with van der Waals surface area (Å²) in [6.45, 7) is 1.45. The fourth-order valence-corrected chi connectivity index (χ4v) is 5.82. The SMILES string of the molecule is Cn1c(-c2cc3cccc(OC[C@@H]4CNC(=O)O4)c3n2CC2CC2)nc2cc3c(nc21)CCN(CC(N)CF)C3=O. The van der Waals surface area contributed by atoms with E-state index in [-0.39, 0.29) is 25.2 Å². The van der Waals surface area contributed by atoms with E-state index < -0.39 is 18.8 Å². The van der Waals surface area contributed by atoms with Gasteiger partial charge in [0.05, 0.1) is 35.1 Å². The van der Waals surface area contributed by atoms with Crippen molar-refractivity contribution in [1.29, 1.82) is 0 Å². The van der Waals surface area contributed by atoms with Crippen molar-refractivity contribution < 1.29 is 23.5 Å². The van der Waals surface area contributed by atoms with Gasteiger partial charge < -0.3 is 34.6 Å². The molecule has 2 fully saturated rings. The van der Waals surface area contributed by atoms with Gasteiger partial charge >= 0.3 is 6.09 Å². The van der Waals surface area contributed by atoms with Gasteiger partial charge in [-0.05, 0) is 37.0 Å². The molecule has 2 atom stereocenters. The predicted octanol–water partition coefficient (Wildman–Crippen LogP) is 2.78. The van der Waals surface area contributed by atoms with E-state index in [4.69, 9.17) is 25.2 Å². The molecule has 5 heterocycles. The van der Waals surface area contributed by atoms with Gasteiger partial charge in [-0.2, -0.15) is 0 Å². The number of pyridine rings is 1. The van der Waals surface area contributed by atoms with Gasteiger partial charge in [-0.25, -0.2) is 19.2 Å². The number of aromatic nitrogens is 4. The maximum absolute atomic E-state index is 13.2. The zero-order chi connectivity index (χ0) is 28.2. The van der Waals surface area contributed by atoms with E-state index in [0.29, 0.717) is 42.2 Å². The summed E-state index contributed by atoms with van der Waals surface area (Å²) in [4.78, 5) is 36.1. The maximum atomic E-state index is 13.2. The van der Waals surface area contributed by atoms with Crippen LogP contribution in [0, 0.1) is 5.92 Å². The molecular formula is C29H32FN7O4. The maximum Gasteiger partial charge on any atom is 0.407 e. The standard InChI is InChI=1S/C29H32FN7O4/c1-35-26-22(10-20-21(33-26)7-8-36(28(20)38)14-18(31)11-30)34-27(35)23-9-17-3-2-4-24(25(17)37(23)13-16-5-6-16)40-15-19-12-32-29(39)41-19/h2-4,9-10,16,18-19H,5-8,11-15,31H2,1H3,(H,32,39)/t18?,19-/m0/s1. The lowest BCUT2D eigenvalue weighted by atomic mass is 10.0. The number of nitrogens with two attached hydrogens (primary N) is 1. The Balaban J connectivity index is 1.28. The predicted molar refractivity (Wildman–Crippen MR) is 149 cm³/mol. The van der Waals surface area contributed by atoms with Crippen LogP contribution in [0.15, 0.2) is 30.3 Å². The van der Waals surface area contributed by atoms with Crippen molar-refractivity contribution >= 4 is 34.1 Å². The number of carbonyl (C=O) groups is 2. The van der Waals surface area contributed by atoms with Gasteiger partial charge in [0.1, 0.15) is 24.5 Å². The summed E-state index contributed by atoms with van der Waals surface area (Å²) >= 11 is 0. The highest BCUT2D eigenvalue weighted by Crippen LogP contribution is 2.39. The normalized spacial score (nSPS) is 19.5. The van der Waals surface area contributed by atoms with E-state index in [1.807, 2.05) is 23.7 Å². The molecule has 1 unspecified atom stereocenters. The van der Waals surface area contributed by atoms with E-state index in [0.717, 1.165) is 40.4 Å². The number of halogens is 1. The minimum atomic E-state index is -0.703. The van der Waals surface area contributed by atoms with Crippen LogP contribution in [0.4, 0.5) is 9.18 Å². The highest BCUT2D eigenvalue weighted by atomic mass is 19.1. The number of aryl methyl sites for hydroxylation is 1. The molecule has 2 amide bonds. The van der Waals surface area contributed by atoms with Crippen LogP contribution in [0.3, 0.4) is 0 Å². The van der Waals surface area contributed by atoms with Crippen LogP contribution in [-0.4, -0.2) is 81.1 Å². The second kappa shape index (κ2) is 10.0. The number of imidazole rings is 1. The number of nitrogens with one attached hydrogen (secondary N) is 1. The van der Waals surface area contributed by atoms with Crippen molar-refractivity contribution in [3.05, 3.63) is 41.6 Å². The van der Waals surface area contributed by atoms with Crippen molar-refractivity contribution in [3.63, 3.8) is 0 Å². The first-order chi connectivity index (χ1) is 19.9. The molecule has 1 aromatic carbocycles. The Hall–Kier alpha value is -4.19. The Labute approximate surface area is 235 Å². The number of rotatable bonds is 9. The lowest BCUT2D eigenvalue weighted by Gasteiger charge is -2.29. The number of fused-ring (bicyclic) bond motifs is 3. The van der Waals surface area contributed by atoms with Crippen molar-refractivity contribution in [1.82, 2.24) is 29.3 Å². The van der Waals surface area contributed by atoms with Gasteiger partial charge in [-0.3, -0.25) is 4.79 Å². The molecule has 4 aromatic rings. The van der Waals surface area contributed by atoms with Gasteiger partial charge in [0, 0.05) is 38.5 Å². The second-order valence-electron chi connectivity index (χ2n) is 11.2. The van der Waals surface area contributed by atoms with Gasteiger partial charge in [0.25, 0.3) is 5.91 Å². The van der Waals surface area contributed by atoms with E-state index in [9.17, 15) is 14.0 Å². The Morgan fingerprint density at radius 2 is 2.10 bits per heavy atom. The van der Waals surface area contributed by atoms with E-state index >= 15 is 0 Å². The average Bonchev–Trinajstić information content (AvgIpc) is 3.45. The van der Waals surface area contributed by atoms with E-state index in [1.165, 1.54) is 12.8 Å². The summed E-state index contributed by atoms with van der Waals surface area (Å²) in [6.07, 6.45) is 2.16. The number of carbonyl (C=O) groups excluding carboxylic acids is 2. The van der Waals surface area contributed by atoms with Gasteiger partial charge in [-0.15, -0.1) is 0 Å². The number of hydrogen-bond acceptors (Lipinski definition) is 7. The highest BCUT2D eigenvalue weighted by molar-refractivity contribution is 5.99. The molecule has 214 valence electrons. The molecule has 0 radical (unpaired) electrons. The smallest absolute Gasteiger partial charge is 0.407 e. The molecule has 1 saturated heterocycles. The molecule has 11 nitrogen and oxygen atoms in total. The first kappa shape index (κ1) is 25.8. The summed E-state index contributed by atoms with van der Waals surface area (Å²) in [5.41, 5.74) is 10.2.